The lowest BCUT2D eigenvalue weighted by Crippen LogP contribution is -2.42. The summed E-state index contributed by atoms with van der Waals surface area (Å²) < 4.78 is 29.2. The van der Waals surface area contributed by atoms with Gasteiger partial charge >= 0.3 is 0 Å². The zero-order valence-electron chi connectivity index (χ0n) is 14.4. The van der Waals surface area contributed by atoms with Crippen LogP contribution < -0.4 is 4.90 Å². The van der Waals surface area contributed by atoms with Gasteiger partial charge in [-0.25, -0.2) is 13.4 Å². The van der Waals surface area contributed by atoms with Crippen molar-refractivity contribution in [2.75, 3.05) is 30.9 Å². The second kappa shape index (κ2) is 6.75. The van der Waals surface area contributed by atoms with Gasteiger partial charge in [0.25, 0.3) is 0 Å². The molecule has 2 fully saturated rings. The van der Waals surface area contributed by atoms with Crippen LogP contribution >= 0.6 is 11.3 Å². The number of piperidine rings is 1. The molecular weight excluding hydrogens is 372 g/mol. The fourth-order valence-corrected chi connectivity index (χ4v) is 5.13. The lowest BCUT2D eigenvalue weighted by molar-refractivity contribution is 0.0846. The fourth-order valence-electron chi connectivity index (χ4n) is 3.55. The molecule has 8 heteroatoms. The molecule has 2 aromatic rings. The van der Waals surface area contributed by atoms with Crippen LogP contribution in [0.1, 0.15) is 28.1 Å². The molecule has 0 bridgehead atoms. The molecule has 0 radical (unpaired) electrons. The Kier molecular flexibility index (Phi) is 4.58. The van der Waals surface area contributed by atoms with Gasteiger partial charge in [0.05, 0.1) is 22.1 Å². The number of thiazole rings is 1. The number of rotatable bonds is 4. The lowest BCUT2D eigenvalue weighted by Gasteiger charge is -2.33. The number of sulfone groups is 1. The van der Waals surface area contributed by atoms with E-state index in [1.165, 1.54) is 23.5 Å². The Morgan fingerprint density at radius 1 is 1.35 bits per heavy atom. The Hall–Kier alpha value is -1.77. The van der Waals surface area contributed by atoms with E-state index in [4.69, 9.17) is 4.74 Å². The second-order valence-electron chi connectivity index (χ2n) is 6.83. The maximum Gasteiger partial charge on any atom is 0.204 e. The number of benzene rings is 1. The minimum atomic E-state index is -3.35. The molecule has 2 unspecified atom stereocenters. The van der Waals surface area contributed by atoms with E-state index in [9.17, 15) is 13.2 Å². The Morgan fingerprint density at radius 2 is 2.19 bits per heavy atom. The van der Waals surface area contributed by atoms with E-state index in [1.807, 2.05) is 0 Å². The van der Waals surface area contributed by atoms with E-state index in [2.05, 4.69) is 9.88 Å². The number of hydrogen-bond donors (Lipinski definition) is 0. The smallest absolute Gasteiger partial charge is 0.204 e. The third-order valence-electron chi connectivity index (χ3n) is 5.03. The summed E-state index contributed by atoms with van der Waals surface area (Å²) in [4.78, 5) is 20.0. The molecule has 0 N–H and O–H groups in total. The molecule has 26 heavy (non-hydrogen) atoms. The van der Waals surface area contributed by atoms with E-state index >= 15 is 0 Å². The van der Waals surface area contributed by atoms with Gasteiger partial charge < -0.3 is 9.64 Å². The second-order valence-corrected chi connectivity index (χ2v) is 9.85. The van der Waals surface area contributed by atoms with E-state index in [0.717, 1.165) is 43.9 Å². The first kappa shape index (κ1) is 17.6. The van der Waals surface area contributed by atoms with Crippen molar-refractivity contribution >= 4 is 32.1 Å². The van der Waals surface area contributed by atoms with Crippen molar-refractivity contribution in [2.45, 2.75) is 23.8 Å². The van der Waals surface area contributed by atoms with Crippen LogP contribution in [0.15, 0.2) is 35.4 Å². The van der Waals surface area contributed by atoms with E-state index in [1.54, 1.807) is 18.3 Å². The summed E-state index contributed by atoms with van der Waals surface area (Å²) in [7, 11) is -3.35. The summed E-state index contributed by atoms with van der Waals surface area (Å²) in [6.07, 6.45) is 5.20. The zero-order chi connectivity index (χ0) is 18.3. The molecule has 2 atom stereocenters. The van der Waals surface area contributed by atoms with Crippen LogP contribution in [0.25, 0.3) is 0 Å². The molecule has 2 aliphatic heterocycles. The molecule has 0 saturated carbocycles. The van der Waals surface area contributed by atoms with E-state index in [0.29, 0.717) is 16.4 Å². The number of aromatic nitrogens is 1. The van der Waals surface area contributed by atoms with Gasteiger partial charge in [-0.1, -0.05) is 23.5 Å². The first-order chi connectivity index (χ1) is 12.4. The standard InChI is InChI=1S/C18H20N2O4S2/c1-26(22,23)14-4-2-3-13(9-14)17(21)16-10-19-18(25-16)20-7-5-12-6-8-24-15(12)11-20/h2-4,9-10,12,15H,5-8,11H2,1H3. The number of fused-ring (bicyclic) bond motifs is 1. The van der Waals surface area contributed by atoms with Crippen molar-refractivity contribution in [1.29, 1.82) is 0 Å². The van der Waals surface area contributed by atoms with Gasteiger partial charge in [-0.2, -0.15) is 0 Å². The van der Waals surface area contributed by atoms with Crippen molar-refractivity contribution in [3.63, 3.8) is 0 Å². The maximum atomic E-state index is 12.7. The van der Waals surface area contributed by atoms with Crippen LogP contribution in [0.4, 0.5) is 5.13 Å². The minimum absolute atomic E-state index is 0.147. The largest absolute Gasteiger partial charge is 0.376 e. The van der Waals surface area contributed by atoms with Crippen LogP contribution in [-0.2, 0) is 14.6 Å². The predicted molar refractivity (Wildman–Crippen MR) is 99.8 cm³/mol. The first-order valence-corrected chi connectivity index (χ1v) is 11.3. The first-order valence-electron chi connectivity index (χ1n) is 8.59. The summed E-state index contributed by atoms with van der Waals surface area (Å²) in [5, 5.41) is 0.821. The molecule has 1 aromatic carbocycles. The number of ketones is 1. The van der Waals surface area contributed by atoms with Gasteiger partial charge in [-0.3, -0.25) is 4.79 Å². The number of nitrogens with zero attached hydrogens (tertiary/aromatic N) is 2. The number of anilines is 1. The molecule has 2 saturated heterocycles. The molecule has 0 amide bonds. The highest BCUT2D eigenvalue weighted by molar-refractivity contribution is 7.90. The average molecular weight is 393 g/mol. The van der Waals surface area contributed by atoms with Crippen molar-refractivity contribution in [2.24, 2.45) is 5.92 Å². The summed E-state index contributed by atoms with van der Waals surface area (Å²) in [5.41, 5.74) is 0.362. The highest BCUT2D eigenvalue weighted by Gasteiger charge is 2.34. The summed E-state index contributed by atoms with van der Waals surface area (Å²) in [5.74, 6) is 0.442. The Bertz CT molecular complexity index is 938. The molecule has 6 nitrogen and oxygen atoms in total. The summed E-state index contributed by atoms with van der Waals surface area (Å²) in [6.45, 7) is 2.58. The molecule has 3 heterocycles. The average Bonchev–Trinajstić information content (AvgIpc) is 3.29. The van der Waals surface area contributed by atoms with Crippen molar-refractivity contribution < 1.29 is 17.9 Å². The number of carbonyl (C=O) groups is 1. The Balaban J connectivity index is 1.54. The Labute approximate surface area is 156 Å². The van der Waals surface area contributed by atoms with Crippen molar-refractivity contribution in [3.8, 4) is 0 Å². The molecule has 138 valence electrons. The third kappa shape index (κ3) is 3.41. The normalized spacial score (nSPS) is 23.0. The minimum Gasteiger partial charge on any atom is -0.376 e. The van der Waals surface area contributed by atoms with E-state index in [-0.39, 0.29) is 16.8 Å². The van der Waals surface area contributed by atoms with Crippen molar-refractivity contribution in [3.05, 3.63) is 40.9 Å². The summed E-state index contributed by atoms with van der Waals surface area (Å²) >= 11 is 1.35. The molecule has 1 aromatic heterocycles. The number of hydrogen-bond acceptors (Lipinski definition) is 7. The maximum absolute atomic E-state index is 12.7. The monoisotopic (exact) mass is 392 g/mol. The van der Waals surface area contributed by atoms with Crippen LogP contribution in [0, 0.1) is 5.92 Å². The van der Waals surface area contributed by atoms with Crippen LogP contribution in [0.3, 0.4) is 0 Å². The van der Waals surface area contributed by atoms with Crippen LogP contribution in [0.5, 0.6) is 0 Å². The highest BCUT2D eigenvalue weighted by atomic mass is 32.2. The van der Waals surface area contributed by atoms with Gasteiger partial charge in [-0.05, 0) is 30.9 Å². The van der Waals surface area contributed by atoms with Gasteiger partial charge in [0.15, 0.2) is 15.0 Å². The van der Waals surface area contributed by atoms with Crippen LogP contribution in [0.2, 0.25) is 0 Å². The van der Waals surface area contributed by atoms with Gasteiger partial charge in [0, 0.05) is 31.5 Å². The lowest BCUT2D eigenvalue weighted by atomic mass is 9.94. The van der Waals surface area contributed by atoms with Crippen LogP contribution in [-0.4, -0.2) is 51.2 Å². The zero-order valence-corrected chi connectivity index (χ0v) is 16.1. The molecule has 0 aliphatic carbocycles. The summed E-state index contributed by atoms with van der Waals surface area (Å²) in [6, 6.07) is 6.15. The topological polar surface area (TPSA) is 76.6 Å². The SMILES string of the molecule is CS(=O)(=O)c1cccc(C(=O)c2cnc(N3CCC4CCOC4C3)s2)c1. The predicted octanol–water partition coefficient (Wildman–Crippen LogP) is 2.39. The number of carbonyl (C=O) groups excluding carboxylic acids is 1. The number of ether oxygens (including phenoxy) is 1. The molecule has 0 spiro atoms. The van der Waals surface area contributed by atoms with E-state index < -0.39 is 9.84 Å². The van der Waals surface area contributed by atoms with Gasteiger partial charge in [0.1, 0.15) is 0 Å². The molecular formula is C18H20N2O4S2. The van der Waals surface area contributed by atoms with Gasteiger partial charge in [0.2, 0.25) is 5.78 Å². The quantitative estimate of drug-likeness (QED) is 0.744. The van der Waals surface area contributed by atoms with Gasteiger partial charge in [-0.15, -0.1) is 0 Å². The highest BCUT2D eigenvalue weighted by Crippen LogP contribution is 2.33. The molecule has 2 aliphatic rings. The fraction of sp³-hybridized carbons (Fsp3) is 0.444. The van der Waals surface area contributed by atoms with Crippen molar-refractivity contribution in [1.82, 2.24) is 4.98 Å². The molecule has 4 rings (SSSR count). The Morgan fingerprint density at radius 3 is 3.00 bits per heavy atom. The third-order valence-corrected chi connectivity index (χ3v) is 7.20.